The quantitative estimate of drug-likeness (QED) is 0.150. The van der Waals surface area contributed by atoms with Gasteiger partial charge in [0, 0.05) is 36.6 Å². The normalized spacial score (nSPS) is 11.7. The first kappa shape index (κ1) is 21.9. The minimum Gasteiger partial charge on any atom is -0.305 e. The Labute approximate surface area is 220 Å². The van der Waals surface area contributed by atoms with Gasteiger partial charge in [0.05, 0.1) is 11.6 Å². The molecule has 0 atom stereocenters. The zero-order chi connectivity index (χ0) is 26.4. The zero-order valence-corrected chi connectivity index (χ0v) is 20.5. The number of aromatic nitrogens is 2. The van der Waals surface area contributed by atoms with Crippen LogP contribution in [0.3, 0.4) is 0 Å². The topological polar surface area (TPSA) is 25.8 Å². The monoisotopic (exact) mass is 648 g/mol. The second kappa shape index (κ2) is 12.2. The van der Waals surface area contributed by atoms with E-state index in [0.29, 0.717) is 0 Å². The fourth-order valence-electron chi connectivity index (χ4n) is 3.14. The standard InChI is InChI=1S/C17H12N.C12H7F3N.Ir/c1-3-7-14(8-4-1)16-11-12-18-17(13-16)15-9-5-2-6-10-15;1-7-2-3-11(16-6-7)8-4-9(13)12(15)10(14)5-8;/h1-9,11-13H;2-4,6H,1H3;/q2*-1;/i;1D3;. The van der Waals surface area contributed by atoms with Crippen molar-refractivity contribution in [2.75, 3.05) is 0 Å². The summed E-state index contributed by atoms with van der Waals surface area (Å²) in [6.07, 6.45) is 2.92. The third-order valence-corrected chi connectivity index (χ3v) is 4.81. The van der Waals surface area contributed by atoms with Gasteiger partial charge < -0.3 is 9.97 Å². The summed E-state index contributed by atoms with van der Waals surface area (Å²) in [7, 11) is 0. The van der Waals surface area contributed by atoms with Gasteiger partial charge >= 0.3 is 0 Å². The molecule has 0 amide bonds. The van der Waals surface area contributed by atoms with Gasteiger partial charge in [-0.05, 0) is 41.0 Å². The van der Waals surface area contributed by atoms with Gasteiger partial charge in [0.25, 0.3) is 0 Å². The predicted molar refractivity (Wildman–Crippen MR) is 127 cm³/mol. The molecule has 3 aromatic carbocycles. The van der Waals surface area contributed by atoms with Gasteiger partial charge in [-0.25, -0.2) is 8.78 Å². The fraction of sp³-hybridized carbons (Fsp3) is 0.0345. The largest absolute Gasteiger partial charge is 0.305 e. The Kier molecular flexibility index (Phi) is 7.64. The van der Waals surface area contributed by atoms with Crippen LogP contribution in [0.1, 0.15) is 9.68 Å². The number of aryl methyl sites for hydroxylation is 1. The van der Waals surface area contributed by atoms with Crippen molar-refractivity contribution >= 4 is 0 Å². The van der Waals surface area contributed by atoms with Crippen molar-refractivity contribution in [3.63, 3.8) is 0 Å². The number of hydrogen-bond donors (Lipinski definition) is 0. The Morgan fingerprint density at radius 1 is 0.771 bits per heavy atom. The summed E-state index contributed by atoms with van der Waals surface area (Å²) in [5, 5.41) is 0. The molecular weight excluding hydrogens is 626 g/mol. The second-order valence-corrected chi connectivity index (χ2v) is 7.16. The van der Waals surface area contributed by atoms with Crippen molar-refractivity contribution < 1.29 is 37.4 Å². The van der Waals surface area contributed by atoms with E-state index in [1.165, 1.54) is 23.3 Å². The SMILES string of the molecule is [2H]C([2H])([2H])c1ccc(-c2[c-]c(F)c(F)c(F)c2)nc1.[Ir].[c-]1ccccc1-c1cc(-c2ccccc2)ccn1. The molecule has 0 aliphatic rings. The van der Waals surface area contributed by atoms with Crippen LogP contribution in [-0.2, 0) is 20.1 Å². The Bertz CT molecular complexity index is 1400. The van der Waals surface area contributed by atoms with Crippen molar-refractivity contribution in [3.8, 4) is 33.6 Å². The molecule has 0 fully saturated rings. The molecule has 0 unspecified atom stereocenters. The summed E-state index contributed by atoms with van der Waals surface area (Å²) in [5.41, 5.74) is 4.38. The predicted octanol–water partition coefficient (Wildman–Crippen LogP) is 7.49. The van der Waals surface area contributed by atoms with E-state index in [-0.39, 0.29) is 36.9 Å². The van der Waals surface area contributed by atoms with Crippen molar-refractivity contribution in [1.29, 1.82) is 0 Å². The van der Waals surface area contributed by atoms with E-state index in [2.05, 4.69) is 34.2 Å². The van der Waals surface area contributed by atoms with Crippen LogP contribution in [0.15, 0.2) is 97.3 Å². The Morgan fingerprint density at radius 2 is 1.57 bits per heavy atom. The first-order valence-corrected chi connectivity index (χ1v) is 10.2. The number of rotatable bonds is 3. The molecule has 0 N–H and O–H groups in total. The Morgan fingerprint density at radius 3 is 2.23 bits per heavy atom. The van der Waals surface area contributed by atoms with Crippen LogP contribution < -0.4 is 0 Å². The van der Waals surface area contributed by atoms with Crippen molar-refractivity contribution in [3.05, 3.63) is 132 Å². The minimum atomic E-state index is -2.31. The second-order valence-electron chi connectivity index (χ2n) is 7.16. The average Bonchev–Trinajstić information content (AvgIpc) is 2.92. The third kappa shape index (κ3) is 6.72. The van der Waals surface area contributed by atoms with Gasteiger partial charge in [-0.1, -0.05) is 48.5 Å². The molecule has 2 nitrogen and oxygen atoms in total. The summed E-state index contributed by atoms with van der Waals surface area (Å²) in [4.78, 5) is 8.18. The van der Waals surface area contributed by atoms with Crippen LogP contribution in [0.2, 0.25) is 0 Å². The molecule has 2 heterocycles. The van der Waals surface area contributed by atoms with Gasteiger partial charge in [-0.3, -0.25) is 4.39 Å². The van der Waals surface area contributed by atoms with Crippen LogP contribution >= 0.6 is 0 Å². The Hall–Kier alpha value is -3.60. The number of hydrogen-bond acceptors (Lipinski definition) is 2. The smallest absolute Gasteiger partial charge is 0.108 e. The molecule has 5 aromatic rings. The summed E-state index contributed by atoms with van der Waals surface area (Å²) >= 11 is 0. The van der Waals surface area contributed by atoms with Gasteiger partial charge in [0.1, 0.15) is 5.82 Å². The molecule has 0 bridgehead atoms. The van der Waals surface area contributed by atoms with Crippen molar-refractivity contribution in [2.24, 2.45) is 0 Å². The summed E-state index contributed by atoms with van der Waals surface area (Å²) < 4.78 is 60.3. The first-order valence-electron chi connectivity index (χ1n) is 11.7. The van der Waals surface area contributed by atoms with E-state index in [1.807, 2.05) is 60.8 Å². The maximum atomic E-state index is 13.0. The number of halogens is 3. The molecule has 2 aromatic heterocycles. The molecule has 6 heteroatoms. The first-order chi connectivity index (χ1) is 17.7. The van der Waals surface area contributed by atoms with E-state index >= 15 is 0 Å². The van der Waals surface area contributed by atoms with E-state index in [1.54, 1.807) is 0 Å². The molecule has 0 aliphatic heterocycles. The fourth-order valence-corrected chi connectivity index (χ4v) is 3.14. The van der Waals surface area contributed by atoms with Crippen LogP contribution in [0, 0.1) is 36.4 Å². The summed E-state index contributed by atoms with van der Waals surface area (Å²) in [6.45, 7) is -2.31. The molecule has 35 heavy (non-hydrogen) atoms. The summed E-state index contributed by atoms with van der Waals surface area (Å²) in [5.74, 6) is -4.41. The molecular formula is C29H19F3IrN2-2. The molecule has 0 saturated heterocycles. The van der Waals surface area contributed by atoms with Crippen LogP contribution in [0.4, 0.5) is 13.2 Å². The van der Waals surface area contributed by atoms with Gasteiger partial charge in [-0.2, -0.15) is 0 Å². The number of pyridine rings is 2. The van der Waals surface area contributed by atoms with Crippen molar-refractivity contribution in [2.45, 2.75) is 6.85 Å². The molecule has 1 radical (unpaired) electrons. The van der Waals surface area contributed by atoms with Crippen LogP contribution in [0.25, 0.3) is 33.6 Å². The van der Waals surface area contributed by atoms with E-state index in [0.717, 1.165) is 23.5 Å². The molecule has 0 aliphatic carbocycles. The van der Waals surface area contributed by atoms with Gasteiger partial charge in [0.2, 0.25) is 0 Å². The zero-order valence-electron chi connectivity index (χ0n) is 21.1. The molecule has 5 rings (SSSR count). The third-order valence-electron chi connectivity index (χ3n) is 4.81. The number of benzene rings is 3. The van der Waals surface area contributed by atoms with E-state index in [9.17, 15) is 13.2 Å². The molecule has 0 saturated carbocycles. The van der Waals surface area contributed by atoms with E-state index < -0.39 is 24.3 Å². The minimum absolute atomic E-state index is 0. The maximum Gasteiger partial charge on any atom is 0.108 e. The summed E-state index contributed by atoms with van der Waals surface area (Å²) in [6, 6.07) is 30.9. The van der Waals surface area contributed by atoms with E-state index in [4.69, 9.17) is 4.11 Å². The van der Waals surface area contributed by atoms with Crippen LogP contribution in [-0.4, -0.2) is 9.97 Å². The van der Waals surface area contributed by atoms with Crippen molar-refractivity contribution in [1.82, 2.24) is 9.97 Å². The number of nitrogens with zero attached hydrogens (tertiary/aromatic N) is 2. The maximum absolute atomic E-state index is 13.0. The molecule has 177 valence electrons. The average molecular weight is 648 g/mol. The van der Waals surface area contributed by atoms with Crippen LogP contribution in [0.5, 0.6) is 0 Å². The molecule has 0 spiro atoms. The van der Waals surface area contributed by atoms with Gasteiger partial charge in [-0.15, -0.1) is 53.6 Å². The van der Waals surface area contributed by atoms with Gasteiger partial charge in [0.15, 0.2) is 0 Å². The Balaban J connectivity index is 0.000000205.